The van der Waals surface area contributed by atoms with Crippen molar-refractivity contribution < 1.29 is 12.8 Å². The summed E-state index contributed by atoms with van der Waals surface area (Å²) in [4.78, 5) is 0.0552. The number of hydrogen-bond donors (Lipinski definition) is 2. The number of hydrogen-bond acceptors (Lipinski definition) is 4. The first kappa shape index (κ1) is 17.0. The summed E-state index contributed by atoms with van der Waals surface area (Å²) in [5, 5.41) is 2.90. The average Bonchev–Trinajstić information content (AvgIpc) is 2.76. The zero-order chi connectivity index (χ0) is 15.6. The summed E-state index contributed by atoms with van der Waals surface area (Å²) in [6.07, 6.45) is 0. The molecule has 0 spiro atoms. The Morgan fingerprint density at radius 1 is 1.19 bits per heavy atom. The summed E-state index contributed by atoms with van der Waals surface area (Å²) in [7, 11) is -2.00. The third-order valence-electron chi connectivity index (χ3n) is 2.52. The number of furan rings is 1. The van der Waals surface area contributed by atoms with Gasteiger partial charge in [0.05, 0.1) is 12.2 Å². The van der Waals surface area contributed by atoms with Gasteiger partial charge in [-0.25, -0.2) is 8.42 Å². The van der Waals surface area contributed by atoms with Crippen molar-refractivity contribution in [1.29, 1.82) is 0 Å². The van der Waals surface area contributed by atoms with Crippen LogP contribution in [0.25, 0.3) is 0 Å². The lowest BCUT2D eigenvalue weighted by atomic mass is 10.3. The van der Waals surface area contributed by atoms with E-state index in [4.69, 9.17) is 4.42 Å². The van der Waals surface area contributed by atoms with Gasteiger partial charge in [0, 0.05) is 15.0 Å². The molecule has 0 bridgehead atoms. The molecule has 9 heteroatoms. The lowest BCUT2D eigenvalue weighted by Crippen LogP contribution is -2.13. The highest BCUT2D eigenvalue weighted by molar-refractivity contribution is 9.11. The predicted octanol–water partition coefficient (Wildman–Crippen LogP) is 4.09. The molecule has 0 saturated heterocycles. The summed E-state index contributed by atoms with van der Waals surface area (Å²) < 4.78 is 34.3. The Bertz CT molecular complexity index is 759. The second-order valence-corrected chi connectivity index (χ2v) is 8.25. The smallest absolute Gasteiger partial charge is 0.266 e. The number of nitrogens with one attached hydrogen (secondary N) is 2. The van der Waals surface area contributed by atoms with Gasteiger partial charge >= 0.3 is 0 Å². The molecule has 0 atom stereocenters. The average molecular weight is 503 g/mol. The molecule has 0 aliphatic heterocycles. The summed E-state index contributed by atoms with van der Waals surface area (Å²) in [5.41, 5.74) is 0.438. The molecule has 1 heterocycles. The van der Waals surface area contributed by atoms with Crippen LogP contribution in [0, 0.1) is 0 Å². The van der Waals surface area contributed by atoms with Gasteiger partial charge in [-0.2, -0.15) is 0 Å². The van der Waals surface area contributed by atoms with E-state index in [1.165, 1.54) is 6.07 Å². The van der Waals surface area contributed by atoms with Crippen LogP contribution in [0.1, 0.15) is 5.76 Å². The fourth-order valence-electron chi connectivity index (χ4n) is 1.62. The van der Waals surface area contributed by atoms with Gasteiger partial charge in [-0.15, -0.1) is 0 Å². The van der Waals surface area contributed by atoms with E-state index in [1.807, 2.05) is 0 Å². The minimum absolute atomic E-state index is 0.0552. The van der Waals surface area contributed by atoms with Crippen LogP contribution < -0.4 is 10.0 Å². The van der Waals surface area contributed by atoms with Gasteiger partial charge in [0.1, 0.15) is 10.7 Å². The van der Waals surface area contributed by atoms with Gasteiger partial charge < -0.3 is 9.73 Å². The Balaban J connectivity index is 2.36. The monoisotopic (exact) mass is 500 g/mol. The van der Waals surface area contributed by atoms with Crippen LogP contribution in [0.15, 0.2) is 47.2 Å². The van der Waals surface area contributed by atoms with E-state index in [9.17, 15) is 8.42 Å². The van der Waals surface area contributed by atoms with Gasteiger partial charge in [-0.3, -0.25) is 4.72 Å². The van der Waals surface area contributed by atoms with E-state index >= 15 is 0 Å². The molecular weight excluding hydrogens is 492 g/mol. The molecule has 2 aromatic rings. The van der Waals surface area contributed by atoms with Crippen LogP contribution in [-0.4, -0.2) is 15.5 Å². The highest BCUT2D eigenvalue weighted by atomic mass is 79.9. The molecule has 0 fully saturated rings. The van der Waals surface area contributed by atoms with Crippen molar-refractivity contribution >= 4 is 63.5 Å². The lowest BCUT2D eigenvalue weighted by molar-refractivity contribution is 0.470. The molecule has 0 saturated carbocycles. The molecule has 5 nitrogen and oxygen atoms in total. The van der Waals surface area contributed by atoms with Crippen LogP contribution >= 0.6 is 47.8 Å². The van der Waals surface area contributed by atoms with Crippen LogP contribution in [0.4, 0.5) is 5.69 Å². The third-order valence-corrected chi connectivity index (χ3v) is 5.93. The van der Waals surface area contributed by atoms with E-state index < -0.39 is 10.0 Å². The first-order valence-corrected chi connectivity index (χ1v) is 9.60. The highest BCUT2D eigenvalue weighted by Crippen LogP contribution is 2.31. The lowest BCUT2D eigenvalue weighted by Gasteiger charge is -2.09. The predicted molar refractivity (Wildman–Crippen MR) is 91.8 cm³/mol. The summed E-state index contributed by atoms with van der Waals surface area (Å²) in [6, 6.07) is 6.71. The van der Waals surface area contributed by atoms with E-state index in [-0.39, 0.29) is 9.56 Å². The van der Waals surface area contributed by atoms with E-state index in [0.717, 1.165) is 4.47 Å². The van der Waals surface area contributed by atoms with Crippen LogP contribution in [0.3, 0.4) is 0 Å². The molecule has 21 heavy (non-hydrogen) atoms. The Labute approximate surface area is 147 Å². The van der Waals surface area contributed by atoms with Crippen LogP contribution in [-0.2, 0) is 16.6 Å². The minimum Gasteiger partial charge on any atom is -0.451 e. The minimum atomic E-state index is -3.75. The summed E-state index contributed by atoms with van der Waals surface area (Å²) in [5.74, 6) is 0.526. The van der Waals surface area contributed by atoms with E-state index in [1.54, 1.807) is 25.2 Å². The van der Waals surface area contributed by atoms with Crippen molar-refractivity contribution in [3.63, 3.8) is 0 Å². The quantitative estimate of drug-likeness (QED) is 0.646. The molecule has 2 N–H and O–H groups in total. The van der Waals surface area contributed by atoms with Crippen LogP contribution in [0.5, 0.6) is 0 Å². The molecule has 2 rings (SSSR count). The third kappa shape index (κ3) is 4.10. The Morgan fingerprint density at radius 3 is 2.57 bits per heavy atom. The first-order valence-electron chi connectivity index (χ1n) is 5.74. The maximum Gasteiger partial charge on any atom is 0.266 e. The second-order valence-electron chi connectivity index (χ2n) is 4.11. The number of benzene rings is 1. The molecule has 0 radical (unpaired) electrons. The molecule has 1 aromatic carbocycles. The zero-order valence-corrected chi connectivity index (χ0v) is 16.4. The topological polar surface area (TPSA) is 71.3 Å². The van der Waals surface area contributed by atoms with E-state index in [0.29, 0.717) is 22.5 Å². The Kier molecular flexibility index (Phi) is 5.53. The number of rotatable bonds is 5. The molecule has 1 aromatic heterocycles. The molecule has 0 unspecified atom stereocenters. The van der Waals surface area contributed by atoms with E-state index in [2.05, 4.69) is 57.8 Å². The molecule has 0 aliphatic carbocycles. The fourth-order valence-corrected chi connectivity index (χ4v) is 4.53. The van der Waals surface area contributed by atoms with Crippen molar-refractivity contribution in [3.8, 4) is 0 Å². The molecule has 0 amide bonds. The second kappa shape index (κ2) is 6.82. The Morgan fingerprint density at radius 2 is 1.90 bits per heavy atom. The Hall–Kier alpha value is -0.350. The molecular formula is C12H11Br3N2O3S. The largest absolute Gasteiger partial charge is 0.451 e. The number of anilines is 1. The maximum absolute atomic E-state index is 12.4. The van der Waals surface area contributed by atoms with Gasteiger partial charge in [0.25, 0.3) is 10.0 Å². The van der Waals surface area contributed by atoms with Gasteiger partial charge in [0.15, 0.2) is 4.67 Å². The standard InChI is InChI=1S/C12H11Br3N2O3S/c1-16-6-8-5-11(12(15)20-8)21(18,19)17-10-4-7(13)2-3-9(10)14/h2-5,16-17H,6H2,1H3. The molecule has 114 valence electrons. The summed E-state index contributed by atoms with van der Waals surface area (Å²) >= 11 is 9.75. The highest BCUT2D eigenvalue weighted by Gasteiger charge is 2.23. The fraction of sp³-hybridized carbons (Fsp3) is 0.167. The van der Waals surface area contributed by atoms with Gasteiger partial charge in [-0.1, -0.05) is 15.9 Å². The van der Waals surface area contributed by atoms with Gasteiger partial charge in [-0.05, 0) is 57.1 Å². The van der Waals surface area contributed by atoms with Gasteiger partial charge in [0.2, 0.25) is 0 Å². The maximum atomic E-state index is 12.4. The van der Waals surface area contributed by atoms with Crippen molar-refractivity contribution in [2.24, 2.45) is 0 Å². The zero-order valence-electron chi connectivity index (χ0n) is 10.8. The normalized spacial score (nSPS) is 11.6. The van der Waals surface area contributed by atoms with Crippen LogP contribution in [0.2, 0.25) is 0 Å². The number of sulfonamides is 1. The first-order chi connectivity index (χ1) is 9.83. The summed E-state index contributed by atoms with van der Waals surface area (Å²) in [6.45, 7) is 0.439. The van der Waals surface area contributed by atoms with Crippen molar-refractivity contribution in [1.82, 2.24) is 5.32 Å². The SMILES string of the molecule is CNCc1cc(S(=O)(=O)Nc2cc(Br)ccc2Br)c(Br)o1. The van der Waals surface area contributed by atoms with Crippen molar-refractivity contribution in [2.45, 2.75) is 11.4 Å². The van der Waals surface area contributed by atoms with Crippen molar-refractivity contribution in [2.75, 3.05) is 11.8 Å². The molecule has 0 aliphatic rings. The number of halogens is 3. The van der Waals surface area contributed by atoms with Crippen molar-refractivity contribution in [3.05, 3.63) is 43.6 Å².